The van der Waals surface area contributed by atoms with E-state index in [2.05, 4.69) is 13.8 Å². The van der Waals surface area contributed by atoms with E-state index in [-0.39, 0.29) is 0 Å². The first kappa shape index (κ1) is 25.5. The van der Waals surface area contributed by atoms with Gasteiger partial charge in [-0.3, -0.25) is 4.52 Å². The van der Waals surface area contributed by atoms with Crippen molar-refractivity contribution < 1.29 is 13.6 Å². The Morgan fingerprint density at radius 1 is 0.857 bits per heavy atom. The minimum atomic E-state index is -3.11. The van der Waals surface area contributed by atoms with Gasteiger partial charge in [0.2, 0.25) is 0 Å². The molecule has 0 aliphatic carbocycles. The number of unbranched alkanes of at least 4 members (excludes halogenated alkanes) is 10. The van der Waals surface area contributed by atoms with E-state index in [4.69, 9.17) is 20.6 Å². The number of rotatable bonds is 17. The Balaban J connectivity index is 2.29. The topological polar surface area (TPSA) is 35.5 Å². The number of hydrogen-bond donors (Lipinski definition) is 0. The second kappa shape index (κ2) is 15.4. The highest BCUT2D eigenvalue weighted by Crippen LogP contribution is 2.49. The molecule has 0 N–H and O–H groups in total. The Labute approximate surface area is 178 Å². The molecule has 1 atom stereocenters. The summed E-state index contributed by atoms with van der Waals surface area (Å²) in [6, 6.07) is 5.36. The first-order valence-corrected chi connectivity index (χ1v) is 13.3. The van der Waals surface area contributed by atoms with Crippen molar-refractivity contribution >= 4 is 19.2 Å². The SMILES string of the molecule is CCCCCCCCCCCCOP(=O)(CCCC)Oc1ccc(Cl)c(C)c1. The maximum Gasteiger partial charge on any atom is 0.379 e. The van der Waals surface area contributed by atoms with Crippen molar-refractivity contribution in [2.45, 2.75) is 97.8 Å². The van der Waals surface area contributed by atoms with Crippen LogP contribution >= 0.6 is 19.2 Å². The Kier molecular flexibility index (Phi) is 14.0. The molecule has 1 aromatic rings. The molecule has 0 aliphatic heterocycles. The van der Waals surface area contributed by atoms with Crippen molar-refractivity contribution in [1.82, 2.24) is 0 Å². The maximum absolute atomic E-state index is 13.1. The van der Waals surface area contributed by atoms with Crippen LogP contribution in [0.4, 0.5) is 0 Å². The van der Waals surface area contributed by atoms with Crippen molar-refractivity contribution in [3.05, 3.63) is 28.8 Å². The quantitative estimate of drug-likeness (QED) is 0.183. The molecule has 0 spiro atoms. The highest BCUT2D eigenvalue weighted by molar-refractivity contribution is 7.54. The van der Waals surface area contributed by atoms with Crippen LogP contribution in [0.3, 0.4) is 0 Å². The van der Waals surface area contributed by atoms with Gasteiger partial charge in [-0.05, 0) is 43.5 Å². The standard InChI is InChI=1S/C23H40ClO3P/c1-4-6-8-9-10-11-12-13-14-15-18-26-28(25,19-7-5-2)27-22-16-17-23(24)21(3)20-22/h16-17,20H,4-15,18-19H2,1-3H3. The second-order valence-electron chi connectivity index (χ2n) is 7.71. The third-order valence-corrected chi connectivity index (χ3v) is 7.30. The Bertz CT molecular complexity index is 577. The van der Waals surface area contributed by atoms with Crippen LogP contribution in [-0.2, 0) is 9.09 Å². The normalized spacial score (nSPS) is 13.4. The zero-order valence-corrected chi connectivity index (χ0v) is 19.8. The second-order valence-corrected chi connectivity index (χ2v) is 10.2. The van der Waals surface area contributed by atoms with Crippen molar-refractivity contribution in [1.29, 1.82) is 0 Å². The lowest BCUT2D eigenvalue weighted by molar-refractivity contribution is 0.257. The van der Waals surface area contributed by atoms with E-state index in [0.29, 0.717) is 23.5 Å². The monoisotopic (exact) mass is 430 g/mol. The first-order valence-electron chi connectivity index (χ1n) is 11.2. The van der Waals surface area contributed by atoms with Crippen molar-refractivity contribution in [3.8, 4) is 5.75 Å². The van der Waals surface area contributed by atoms with Gasteiger partial charge in [0.25, 0.3) is 0 Å². The van der Waals surface area contributed by atoms with Crippen molar-refractivity contribution in [3.63, 3.8) is 0 Å². The van der Waals surface area contributed by atoms with Gasteiger partial charge in [-0.2, -0.15) is 0 Å². The largest absolute Gasteiger partial charge is 0.424 e. The van der Waals surface area contributed by atoms with Crippen LogP contribution in [0.1, 0.15) is 96.5 Å². The lowest BCUT2D eigenvalue weighted by Crippen LogP contribution is -2.04. The summed E-state index contributed by atoms with van der Waals surface area (Å²) in [6.07, 6.45) is 15.0. The molecule has 0 saturated carbocycles. The molecular formula is C23H40ClO3P. The maximum atomic E-state index is 13.1. The molecule has 1 unspecified atom stereocenters. The predicted molar refractivity (Wildman–Crippen MR) is 122 cm³/mol. The summed E-state index contributed by atoms with van der Waals surface area (Å²) in [6.45, 7) is 6.75. The fourth-order valence-corrected chi connectivity index (χ4v) is 5.05. The molecular weight excluding hydrogens is 391 g/mol. The number of halogens is 1. The highest BCUT2D eigenvalue weighted by atomic mass is 35.5. The molecule has 1 rings (SSSR count). The zero-order chi connectivity index (χ0) is 20.7. The number of hydrogen-bond acceptors (Lipinski definition) is 3. The van der Waals surface area contributed by atoms with E-state index in [1.807, 2.05) is 13.0 Å². The van der Waals surface area contributed by atoms with E-state index in [9.17, 15) is 4.57 Å². The van der Waals surface area contributed by atoms with Gasteiger partial charge in [-0.25, -0.2) is 4.57 Å². The predicted octanol–water partition coefficient (Wildman–Crippen LogP) is 8.96. The fourth-order valence-electron chi connectivity index (χ4n) is 3.12. The summed E-state index contributed by atoms with van der Waals surface area (Å²) in [4.78, 5) is 0. The highest BCUT2D eigenvalue weighted by Gasteiger charge is 2.25. The number of aryl methyl sites for hydroxylation is 1. The first-order chi connectivity index (χ1) is 13.5. The van der Waals surface area contributed by atoms with Gasteiger partial charge in [-0.1, -0.05) is 89.7 Å². The van der Waals surface area contributed by atoms with Gasteiger partial charge in [0.05, 0.1) is 12.8 Å². The van der Waals surface area contributed by atoms with Gasteiger partial charge in [0.1, 0.15) is 5.75 Å². The number of benzene rings is 1. The van der Waals surface area contributed by atoms with E-state index >= 15 is 0 Å². The summed E-state index contributed by atoms with van der Waals surface area (Å²) in [7, 11) is -3.11. The minimum absolute atomic E-state index is 0.461. The van der Waals surface area contributed by atoms with Crippen LogP contribution in [0, 0.1) is 6.92 Å². The van der Waals surface area contributed by atoms with Crippen molar-refractivity contribution in [2.75, 3.05) is 12.8 Å². The Hall–Kier alpha value is -0.500. The molecule has 0 aliphatic rings. The molecule has 0 heterocycles. The molecule has 0 amide bonds. The van der Waals surface area contributed by atoms with Gasteiger partial charge in [-0.15, -0.1) is 0 Å². The average Bonchev–Trinajstić information content (AvgIpc) is 2.67. The molecule has 0 bridgehead atoms. The summed E-state index contributed by atoms with van der Waals surface area (Å²) in [5.74, 6) is 0.574. The Morgan fingerprint density at radius 3 is 2.00 bits per heavy atom. The van der Waals surface area contributed by atoms with Gasteiger partial charge in [0.15, 0.2) is 0 Å². The minimum Gasteiger partial charge on any atom is -0.424 e. The molecule has 1 aromatic carbocycles. The third-order valence-electron chi connectivity index (χ3n) is 4.95. The lowest BCUT2D eigenvalue weighted by atomic mass is 10.1. The van der Waals surface area contributed by atoms with Crippen LogP contribution in [0.5, 0.6) is 5.75 Å². The van der Waals surface area contributed by atoms with E-state index in [1.165, 1.54) is 51.4 Å². The van der Waals surface area contributed by atoms with Crippen LogP contribution in [0.25, 0.3) is 0 Å². The van der Waals surface area contributed by atoms with Gasteiger partial charge >= 0.3 is 7.60 Å². The van der Waals surface area contributed by atoms with Gasteiger partial charge < -0.3 is 4.52 Å². The Morgan fingerprint density at radius 2 is 1.43 bits per heavy atom. The van der Waals surface area contributed by atoms with Crippen LogP contribution in [0.15, 0.2) is 18.2 Å². The van der Waals surface area contributed by atoms with Crippen LogP contribution in [0.2, 0.25) is 5.02 Å². The zero-order valence-electron chi connectivity index (χ0n) is 18.2. The van der Waals surface area contributed by atoms with E-state index in [1.54, 1.807) is 12.1 Å². The molecule has 0 saturated heterocycles. The van der Waals surface area contributed by atoms with Crippen molar-refractivity contribution in [2.24, 2.45) is 0 Å². The molecule has 28 heavy (non-hydrogen) atoms. The lowest BCUT2D eigenvalue weighted by Gasteiger charge is -2.19. The smallest absolute Gasteiger partial charge is 0.379 e. The average molecular weight is 431 g/mol. The fraction of sp³-hybridized carbons (Fsp3) is 0.739. The summed E-state index contributed by atoms with van der Waals surface area (Å²) in [5.41, 5.74) is 0.913. The van der Waals surface area contributed by atoms with Gasteiger partial charge in [0, 0.05) is 5.02 Å². The van der Waals surface area contributed by atoms with E-state index < -0.39 is 7.60 Å². The van der Waals surface area contributed by atoms with Crippen LogP contribution in [-0.4, -0.2) is 12.8 Å². The van der Waals surface area contributed by atoms with Crippen LogP contribution < -0.4 is 4.52 Å². The summed E-state index contributed by atoms with van der Waals surface area (Å²) >= 11 is 6.07. The summed E-state index contributed by atoms with van der Waals surface area (Å²) < 4.78 is 24.7. The van der Waals surface area contributed by atoms with E-state index in [0.717, 1.165) is 31.2 Å². The molecule has 162 valence electrons. The molecule has 0 fully saturated rings. The molecule has 0 aromatic heterocycles. The molecule has 0 radical (unpaired) electrons. The molecule has 3 nitrogen and oxygen atoms in total. The summed E-state index contributed by atoms with van der Waals surface area (Å²) in [5, 5.41) is 0.682. The third kappa shape index (κ3) is 11.5. The molecule has 5 heteroatoms.